The normalized spacial score (nSPS) is 16.0. The van der Waals surface area contributed by atoms with Gasteiger partial charge in [0.2, 0.25) is 17.6 Å². The second kappa shape index (κ2) is 10.8. The summed E-state index contributed by atoms with van der Waals surface area (Å²) >= 11 is 6.25. The number of likely N-dealkylation sites (tertiary alicyclic amines) is 1. The van der Waals surface area contributed by atoms with E-state index in [9.17, 15) is 9.59 Å². The summed E-state index contributed by atoms with van der Waals surface area (Å²) in [5.41, 5.74) is 2.30. The van der Waals surface area contributed by atoms with Crippen LogP contribution in [-0.2, 0) is 11.3 Å². The van der Waals surface area contributed by atoms with Crippen LogP contribution < -0.4 is 5.32 Å². The average molecular weight is 501 g/mol. The molecule has 5 rings (SSSR count). The predicted octanol–water partition coefficient (Wildman–Crippen LogP) is 5.47. The molecule has 1 unspecified atom stereocenters. The molecule has 0 spiro atoms. The van der Waals surface area contributed by atoms with Gasteiger partial charge in [0, 0.05) is 23.2 Å². The molecule has 182 valence electrons. The van der Waals surface area contributed by atoms with Crippen LogP contribution in [0.1, 0.15) is 34.7 Å². The number of aromatic nitrogens is 2. The third kappa shape index (κ3) is 5.37. The fraction of sp³-hybridized carbons (Fsp3) is 0.214. The minimum absolute atomic E-state index is 0.102. The van der Waals surface area contributed by atoms with Crippen LogP contribution in [0.25, 0.3) is 11.4 Å². The van der Waals surface area contributed by atoms with Crippen LogP contribution >= 0.6 is 11.6 Å². The van der Waals surface area contributed by atoms with Crippen LogP contribution in [0.4, 0.5) is 5.69 Å². The second-order valence-corrected chi connectivity index (χ2v) is 9.20. The quantitative estimate of drug-likeness (QED) is 0.338. The lowest BCUT2D eigenvalue weighted by molar-refractivity contribution is -0.121. The minimum atomic E-state index is -0.218. The third-order valence-electron chi connectivity index (χ3n) is 6.28. The number of nitrogens with zero attached hydrogens (tertiary/aromatic N) is 3. The number of benzene rings is 3. The van der Waals surface area contributed by atoms with Crippen molar-refractivity contribution in [1.29, 1.82) is 0 Å². The van der Waals surface area contributed by atoms with Gasteiger partial charge in [0.25, 0.3) is 0 Å². The fourth-order valence-corrected chi connectivity index (χ4v) is 4.67. The first-order valence-corrected chi connectivity index (χ1v) is 12.3. The van der Waals surface area contributed by atoms with Gasteiger partial charge in [-0.1, -0.05) is 71.4 Å². The highest BCUT2D eigenvalue weighted by Gasteiger charge is 2.28. The maximum Gasteiger partial charge on any atom is 0.241 e. The molecule has 1 amide bonds. The number of hydrogen-bond donors (Lipinski definition) is 1. The van der Waals surface area contributed by atoms with Crippen LogP contribution in [0.15, 0.2) is 83.4 Å². The molecule has 1 saturated heterocycles. The average Bonchev–Trinajstić information content (AvgIpc) is 3.37. The number of piperidine rings is 1. The number of para-hydroxylation sites is 1. The van der Waals surface area contributed by atoms with Crippen LogP contribution in [0, 0.1) is 5.92 Å². The summed E-state index contributed by atoms with van der Waals surface area (Å²) in [4.78, 5) is 32.8. The van der Waals surface area contributed by atoms with Gasteiger partial charge in [-0.2, -0.15) is 4.98 Å². The number of halogens is 1. The lowest BCUT2D eigenvalue weighted by atomic mass is 9.96. The summed E-state index contributed by atoms with van der Waals surface area (Å²) in [6.07, 6.45) is 1.64. The number of ketones is 1. The van der Waals surface area contributed by atoms with E-state index >= 15 is 0 Å². The number of nitrogens with one attached hydrogen (secondary N) is 1. The number of carbonyl (C=O) groups excluding carboxylic acids is 2. The zero-order valence-electron chi connectivity index (χ0n) is 19.6. The van der Waals surface area contributed by atoms with Crippen molar-refractivity contribution in [2.24, 2.45) is 5.92 Å². The Morgan fingerprint density at radius 1 is 1.00 bits per heavy atom. The number of rotatable bonds is 7. The summed E-state index contributed by atoms with van der Waals surface area (Å²) in [5, 5.41) is 7.62. The zero-order chi connectivity index (χ0) is 24.9. The van der Waals surface area contributed by atoms with Crippen molar-refractivity contribution in [2.75, 3.05) is 18.4 Å². The van der Waals surface area contributed by atoms with Crippen molar-refractivity contribution >= 4 is 29.0 Å². The van der Waals surface area contributed by atoms with Crippen molar-refractivity contribution in [1.82, 2.24) is 15.0 Å². The van der Waals surface area contributed by atoms with Crippen LogP contribution in [0.2, 0.25) is 5.02 Å². The molecular weight excluding hydrogens is 476 g/mol. The first-order valence-electron chi connectivity index (χ1n) is 11.9. The van der Waals surface area contributed by atoms with Crippen LogP contribution in [-0.4, -0.2) is 39.8 Å². The smallest absolute Gasteiger partial charge is 0.241 e. The summed E-state index contributed by atoms with van der Waals surface area (Å²) in [7, 11) is 0. The van der Waals surface area contributed by atoms with Gasteiger partial charge in [0.1, 0.15) is 0 Å². The van der Waals surface area contributed by atoms with E-state index in [2.05, 4.69) is 20.4 Å². The fourth-order valence-electron chi connectivity index (χ4n) is 4.45. The van der Waals surface area contributed by atoms with Crippen LogP contribution in [0.5, 0.6) is 0 Å². The Bertz CT molecular complexity index is 1370. The standard InChI is InChI=1S/C28H25ClN4O3/c29-23-14-6-4-12-21(23)27-31-25(36-32-27)18-33-16-8-11-20(17-33)28(35)30-24-15-7-5-13-22(24)26(34)19-9-2-1-3-10-19/h1-7,9-10,12-15,20H,8,11,16-18H2,(H,30,35). The summed E-state index contributed by atoms with van der Waals surface area (Å²) in [5.74, 6) is 0.480. The van der Waals surface area contributed by atoms with E-state index in [1.54, 1.807) is 36.4 Å². The number of amides is 1. The number of carbonyl (C=O) groups is 2. The Morgan fingerprint density at radius 2 is 1.75 bits per heavy atom. The van der Waals surface area contributed by atoms with Gasteiger partial charge >= 0.3 is 0 Å². The Kier molecular flexibility index (Phi) is 7.21. The van der Waals surface area contributed by atoms with Crippen molar-refractivity contribution in [3.63, 3.8) is 0 Å². The predicted molar refractivity (Wildman–Crippen MR) is 138 cm³/mol. The van der Waals surface area contributed by atoms with E-state index in [0.717, 1.165) is 19.4 Å². The molecular formula is C28H25ClN4O3. The number of hydrogen-bond acceptors (Lipinski definition) is 6. The SMILES string of the molecule is O=C(c1ccccc1)c1ccccc1NC(=O)C1CCCN(Cc2nc(-c3ccccc3Cl)no2)C1. The van der Waals surface area contributed by atoms with E-state index in [-0.39, 0.29) is 17.6 Å². The summed E-state index contributed by atoms with van der Waals surface area (Å²) in [6, 6.07) is 23.5. The molecule has 1 fully saturated rings. The highest BCUT2D eigenvalue weighted by molar-refractivity contribution is 6.33. The Morgan fingerprint density at radius 3 is 2.58 bits per heavy atom. The van der Waals surface area contributed by atoms with Crippen molar-refractivity contribution in [2.45, 2.75) is 19.4 Å². The van der Waals surface area contributed by atoms with E-state index in [1.807, 2.05) is 42.5 Å². The molecule has 1 aliphatic rings. The molecule has 0 aliphatic carbocycles. The van der Waals surface area contributed by atoms with Gasteiger partial charge in [-0.05, 0) is 43.7 Å². The molecule has 3 aromatic carbocycles. The Labute approximate surface area is 214 Å². The van der Waals surface area contributed by atoms with E-state index in [4.69, 9.17) is 16.1 Å². The van der Waals surface area contributed by atoms with Crippen molar-refractivity contribution in [3.8, 4) is 11.4 Å². The molecule has 0 bridgehead atoms. The molecule has 1 atom stereocenters. The molecule has 8 heteroatoms. The van der Waals surface area contributed by atoms with E-state index < -0.39 is 0 Å². The molecule has 0 saturated carbocycles. The monoisotopic (exact) mass is 500 g/mol. The third-order valence-corrected chi connectivity index (χ3v) is 6.61. The van der Waals surface area contributed by atoms with Gasteiger partial charge in [0.05, 0.1) is 23.2 Å². The lowest BCUT2D eigenvalue weighted by Gasteiger charge is -2.31. The maximum absolute atomic E-state index is 13.2. The highest BCUT2D eigenvalue weighted by atomic mass is 35.5. The first-order chi connectivity index (χ1) is 17.6. The highest BCUT2D eigenvalue weighted by Crippen LogP contribution is 2.26. The number of anilines is 1. The van der Waals surface area contributed by atoms with Crippen LogP contribution in [0.3, 0.4) is 0 Å². The van der Waals surface area contributed by atoms with E-state index in [1.165, 1.54) is 0 Å². The Balaban J connectivity index is 1.24. The maximum atomic E-state index is 13.2. The zero-order valence-corrected chi connectivity index (χ0v) is 20.3. The molecule has 1 N–H and O–H groups in total. The van der Waals surface area contributed by atoms with Gasteiger partial charge in [-0.25, -0.2) is 0 Å². The molecule has 4 aromatic rings. The second-order valence-electron chi connectivity index (χ2n) is 8.80. The molecule has 1 aromatic heterocycles. The van der Waals surface area contributed by atoms with Gasteiger partial charge in [0.15, 0.2) is 5.78 Å². The van der Waals surface area contributed by atoms with Gasteiger partial charge in [-0.3, -0.25) is 14.5 Å². The summed E-state index contributed by atoms with van der Waals surface area (Å²) in [6.45, 7) is 1.84. The molecule has 0 radical (unpaired) electrons. The van der Waals surface area contributed by atoms with E-state index in [0.29, 0.717) is 52.2 Å². The first kappa shape index (κ1) is 23.9. The Hall–Kier alpha value is -3.81. The largest absolute Gasteiger partial charge is 0.338 e. The lowest BCUT2D eigenvalue weighted by Crippen LogP contribution is -2.40. The van der Waals surface area contributed by atoms with Crippen molar-refractivity contribution in [3.05, 3.63) is 101 Å². The van der Waals surface area contributed by atoms with Gasteiger partial charge < -0.3 is 9.84 Å². The molecule has 2 heterocycles. The summed E-state index contributed by atoms with van der Waals surface area (Å²) < 4.78 is 5.45. The molecule has 36 heavy (non-hydrogen) atoms. The molecule has 1 aliphatic heterocycles. The topological polar surface area (TPSA) is 88.3 Å². The minimum Gasteiger partial charge on any atom is -0.338 e. The molecule has 7 nitrogen and oxygen atoms in total. The van der Waals surface area contributed by atoms with Gasteiger partial charge in [-0.15, -0.1) is 0 Å². The van der Waals surface area contributed by atoms with Crippen molar-refractivity contribution < 1.29 is 14.1 Å².